The fraction of sp³-hybridized carbons (Fsp3) is 0.615. The number of aromatic nitrogens is 2. The summed E-state index contributed by atoms with van der Waals surface area (Å²) in [6, 6.07) is 1.87. The van der Waals surface area contributed by atoms with Gasteiger partial charge in [0.1, 0.15) is 11.6 Å². The van der Waals surface area contributed by atoms with Crippen LogP contribution in [0.2, 0.25) is 0 Å². The van der Waals surface area contributed by atoms with Gasteiger partial charge in [-0.1, -0.05) is 0 Å². The Bertz CT molecular complexity index is 443. The lowest BCUT2D eigenvalue weighted by molar-refractivity contribution is -0.118. The van der Waals surface area contributed by atoms with Gasteiger partial charge in [-0.25, -0.2) is 9.97 Å². The van der Waals surface area contributed by atoms with E-state index in [2.05, 4.69) is 25.9 Å². The number of amides is 1. The largest absolute Gasteiger partial charge is 0.361 e. The van der Waals surface area contributed by atoms with Gasteiger partial charge in [-0.05, 0) is 32.9 Å². The van der Waals surface area contributed by atoms with Gasteiger partial charge < -0.3 is 16.0 Å². The molecule has 104 valence electrons. The second-order valence-corrected chi connectivity index (χ2v) is 4.80. The zero-order valence-electron chi connectivity index (χ0n) is 11.5. The third-order valence-electron chi connectivity index (χ3n) is 3.28. The van der Waals surface area contributed by atoms with Gasteiger partial charge in [-0.15, -0.1) is 0 Å². The number of hydrogen-bond acceptors (Lipinski definition) is 5. The summed E-state index contributed by atoms with van der Waals surface area (Å²) in [5, 5.41) is 8.95. The molecular weight excluding hydrogens is 242 g/mol. The quantitative estimate of drug-likeness (QED) is 0.733. The first-order valence-corrected chi connectivity index (χ1v) is 6.70. The average Bonchev–Trinajstić information content (AvgIpc) is 2.45. The van der Waals surface area contributed by atoms with Crippen LogP contribution in [0.1, 0.15) is 30.3 Å². The first-order valence-electron chi connectivity index (χ1n) is 6.70. The molecule has 0 aromatic carbocycles. The zero-order valence-corrected chi connectivity index (χ0v) is 11.5. The summed E-state index contributed by atoms with van der Waals surface area (Å²) in [5.41, 5.74) is 0.933. The lowest BCUT2D eigenvalue weighted by Crippen LogP contribution is -2.28. The highest BCUT2D eigenvalue weighted by atomic mass is 16.1. The molecule has 1 aromatic heterocycles. The van der Waals surface area contributed by atoms with E-state index < -0.39 is 0 Å². The molecule has 1 aliphatic rings. The molecule has 0 aliphatic carbocycles. The van der Waals surface area contributed by atoms with Gasteiger partial charge in [0.15, 0.2) is 0 Å². The van der Waals surface area contributed by atoms with Crippen LogP contribution < -0.4 is 16.0 Å². The molecule has 0 radical (unpaired) electrons. The van der Waals surface area contributed by atoms with Gasteiger partial charge in [-0.3, -0.25) is 4.79 Å². The van der Waals surface area contributed by atoms with Crippen LogP contribution in [0.3, 0.4) is 0 Å². The van der Waals surface area contributed by atoms with Crippen LogP contribution in [0.15, 0.2) is 6.07 Å². The third-order valence-corrected chi connectivity index (χ3v) is 3.28. The highest BCUT2D eigenvalue weighted by Crippen LogP contribution is 2.23. The van der Waals surface area contributed by atoms with Crippen molar-refractivity contribution in [1.29, 1.82) is 0 Å². The maximum Gasteiger partial charge on any atom is 0.239 e. The molecule has 1 saturated heterocycles. The molecule has 2 heterocycles. The number of aryl methyl sites for hydroxylation is 1. The lowest BCUT2D eigenvalue weighted by Gasteiger charge is -2.22. The van der Waals surface area contributed by atoms with Gasteiger partial charge >= 0.3 is 0 Å². The Labute approximate surface area is 113 Å². The molecule has 0 saturated carbocycles. The van der Waals surface area contributed by atoms with Crippen molar-refractivity contribution in [2.45, 2.75) is 25.7 Å². The van der Waals surface area contributed by atoms with Crippen molar-refractivity contribution >= 4 is 11.7 Å². The number of nitrogens with zero attached hydrogens (tertiary/aromatic N) is 2. The SMILES string of the molecule is CNC(=O)CNc1cc(C)nc(C2CCNCC2)n1. The number of carbonyl (C=O) groups is 1. The standard InChI is InChI=1S/C13H21N5O/c1-9-7-11(16-8-12(19)14-2)18-13(17-9)10-3-5-15-6-4-10/h7,10,15H,3-6,8H2,1-2H3,(H,14,19)(H,16,17,18). The van der Waals surface area contributed by atoms with Crippen LogP contribution in [0, 0.1) is 6.92 Å². The predicted molar refractivity (Wildman–Crippen MR) is 74.2 cm³/mol. The molecule has 2 rings (SSSR count). The molecule has 0 spiro atoms. The number of nitrogens with one attached hydrogen (secondary N) is 3. The topological polar surface area (TPSA) is 78.9 Å². The van der Waals surface area contributed by atoms with Gasteiger partial charge in [0.2, 0.25) is 5.91 Å². The van der Waals surface area contributed by atoms with E-state index in [0.717, 1.165) is 43.3 Å². The smallest absolute Gasteiger partial charge is 0.239 e. The Hall–Kier alpha value is -1.69. The van der Waals surface area contributed by atoms with Crippen molar-refractivity contribution in [2.24, 2.45) is 0 Å². The first kappa shape index (κ1) is 13.7. The second kappa shape index (κ2) is 6.47. The summed E-state index contributed by atoms with van der Waals surface area (Å²) in [7, 11) is 1.62. The molecule has 6 nitrogen and oxygen atoms in total. The number of carbonyl (C=O) groups excluding carboxylic acids is 1. The van der Waals surface area contributed by atoms with E-state index in [1.54, 1.807) is 7.05 Å². The molecule has 3 N–H and O–H groups in total. The Morgan fingerprint density at radius 2 is 2.16 bits per heavy atom. The van der Waals surface area contributed by atoms with Gasteiger partial charge in [0.25, 0.3) is 0 Å². The Morgan fingerprint density at radius 1 is 1.42 bits per heavy atom. The van der Waals surface area contributed by atoms with Crippen molar-refractivity contribution in [1.82, 2.24) is 20.6 Å². The van der Waals surface area contributed by atoms with E-state index >= 15 is 0 Å². The first-order chi connectivity index (χ1) is 9.19. The minimum atomic E-state index is -0.0559. The van der Waals surface area contributed by atoms with Crippen LogP contribution in [0.25, 0.3) is 0 Å². The lowest BCUT2D eigenvalue weighted by atomic mass is 9.97. The fourth-order valence-corrected chi connectivity index (χ4v) is 2.20. The summed E-state index contributed by atoms with van der Waals surface area (Å²) in [4.78, 5) is 20.3. The molecular formula is C13H21N5O. The maximum atomic E-state index is 11.2. The zero-order chi connectivity index (χ0) is 13.7. The molecule has 0 bridgehead atoms. The summed E-state index contributed by atoms with van der Waals surface area (Å²) in [6.45, 7) is 4.22. The summed E-state index contributed by atoms with van der Waals surface area (Å²) >= 11 is 0. The van der Waals surface area contributed by atoms with Crippen LogP contribution in [0.4, 0.5) is 5.82 Å². The van der Waals surface area contributed by atoms with Crippen molar-refractivity contribution in [3.8, 4) is 0 Å². The Kier molecular flexibility index (Phi) is 4.68. The summed E-state index contributed by atoms with van der Waals surface area (Å²) in [6.07, 6.45) is 2.14. The normalized spacial score (nSPS) is 16.1. The second-order valence-electron chi connectivity index (χ2n) is 4.80. The molecule has 19 heavy (non-hydrogen) atoms. The molecule has 0 unspecified atom stereocenters. The predicted octanol–water partition coefficient (Wildman–Crippen LogP) is 0.410. The van der Waals surface area contributed by atoms with Crippen LogP contribution >= 0.6 is 0 Å². The summed E-state index contributed by atoms with van der Waals surface area (Å²) in [5.74, 6) is 1.98. The monoisotopic (exact) mass is 263 g/mol. The van der Waals surface area contributed by atoms with Crippen LogP contribution in [0.5, 0.6) is 0 Å². The minimum Gasteiger partial charge on any atom is -0.361 e. The minimum absolute atomic E-state index is 0.0559. The molecule has 1 aromatic rings. The maximum absolute atomic E-state index is 11.2. The van der Waals surface area contributed by atoms with E-state index in [9.17, 15) is 4.79 Å². The van der Waals surface area contributed by atoms with Crippen molar-refractivity contribution in [2.75, 3.05) is 32.0 Å². The number of hydrogen-bond donors (Lipinski definition) is 3. The van der Waals surface area contributed by atoms with E-state index in [-0.39, 0.29) is 12.5 Å². The average molecular weight is 263 g/mol. The Balaban J connectivity index is 2.07. The highest BCUT2D eigenvalue weighted by molar-refractivity contribution is 5.80. The number of likely N-dealkylation sites (N-methyl/N-ethyl adjacent to an activating group) is 1. The van der Waals surface area contributed by atoms with E-state index in [1.165, 1.54) is 0 Å². The Morgan fingerprint density at radius 3 is 2.84 bits per heavy atom. The fourth-order valence-electron chi connectivity index (χ4n) is 2.20. The molecule has 0 atom stereocenters. The highest BCUT2D eigenvalue weighted by Gasteiger charge is 2.18. The number of piperidine rings is 1. The van der Waals surface area contributed by atoms with Gasteiger partial charge in [-0.2, -0.15) is 0 Å². The van der Waals surface area contributed by atoms with Crippen molar-refractivity contribution in [3.63, 3.8) is 0 Å². The molecule has 1 aliphatic heterocycles. The third kappa shape index (κ3) is 3.89. The van der Waals surface area contributed by atoms with E-state index in [0.29, 0.717) is 5.92 Å². The summed E-state index contributed by atoms with van der Waals surface area (Å²) < 4.78 is 0. The number of anilines is 1. The van der Waals surface area contributed by atoms with Crippen LogP contribution in [-0.4, -0.2) is 42.6 Å². The number of rotatable bonds is 4. The van der Waals surface area contributed by atoms with Crippen LogP contribution in [-0.2, 0) is 4.79 Å². The molecule has 1 amide bonds. The van der Waals surface area contributed by atoms with Crippen molar-refractivity contribution < 1.29 is 4.79 Å². The van der Waals surface area contributed by atoms with Gasteiger partial charge in [0, 0.05) is 24.7 Å². The van der Waals surface area contributed by atoms with E-state index in [1.807, 2.05) is 13.0 Å². The molecule has 1 fully saturated rings. The molecule has 6 heteroatoms. The van der Waals surface area contributed by atoms with Gasteiger partial charge in [0.05, 0.1) is 6.54 Å². The van der Waals surface area contributed by atoms with Crippen molar-refractivity contribution in [3.05, 3.63) is 17.6 Å². The van der Waals surface area contributed by atoms with E-state index in [4.69, 9.17) is 0 Å².